The normalized spacial score (nSPS) is 22.4. The van der Waals surface area contributed by atoms with Crippen molar-refractivity contribution in [2.45, 2.75) is 31.1 Å². The lowest BCUT2D eigenvalue weighted by Gasteiger charge is -2.20. The molecule has 1 atom stereocenters. The van der Waals surface area contributed by atoms with Crippen molar-refractivity contribution in [1.82, 2.24) is 4.90 Å². The van der Waals surface area contributed by atoms with E-state index in [4.69, 9.17) is 5.11 Å². The van der Waals surface area contributed by atoms with Crippen LogP contribution in [-0.4, -0.2) is 34.5 Å². The minimum Gasteiger partial charge on any atom is -0.480 e. The second-order valence-electron chi connectivity index (χ2n) is 5.01. The van der Waals surface area contributed by atoms with E-state index in [0.717, 1.165) is 29.2 Å². The number of aliphatic carboxylic acids is 1. The maximum Gasteiger partial charge on any atom is 0.416 e. The number of alkyl halides is 5. The van der Waals surface area contributed by atoms with E-state index < -0.39 is 42.6 Å². The first kappa shape index (κ1) is 15.7. The standard InChI is InChI=1S/C13H12F5NO2/c14-12(15)5-10(11(20)21)19(7-12)6-8-1-3-9(4-2-8)13(16,17)18/h1-4,10H,5-7H2,(H,20,21). The van der Waals surface area contributed by atoms with E-state index in [1.807, 2.05) is 0 Å². The maximum absolute atomic E-state index is 13.3. The third-order valence-corrected chi connectivity index (χ3v) is 3.32. The summed E-state index contributed by atoms with van der Waals surface area (Å²) in [7, 11) is 0. The summed E-state index contributed by atoms with van der Waals surface area (Å²) in [5.74, 6) is -4.46. The van der Waals surface area contributed by atoms with Crippen LogP contribution in [0.3, 0.4) is 0 Å². The van der Waals surface area contributed by atoms with E-state index in [0.29, 0.717) is 5.56 Å². The van der Waals surface area contributed by atoms with Crippen LogP contribution in [-0.2, 0) is 17.5 Å². The monoisotopic (exact) mass is 309 g/mol. The van der Waals surface area contributed by atoms with Gasteiger partial charge in [0.05, 0.1) is 12.1 Å². The minimum atomic E-state index is -4.47. The van der Waals surface area contributed by atoms with Gasteiger partial charge in [-0.05, 0) is 17.7 Å². The van der Waals surface area contributed by atoms with Crippen molar-refractivity contribution < 1.29 is 31.9 Å². The van der Waals surface area contributed by atoms with Crippen LogP contribution in [0.2, 0.25) is 0 Å². The number of likely N-dealkylation sites (tertiary alicyclic amines) is 1. The molecule has 0 radical (unpaired) electrons. The van der Waals surface area contributed by atoms with E-state index in [9.17, 15) is 26.7 Å². The first-order valence-electron chi connectivity index (χ1n) is 6.09. The lowest BCUT2D eigenvalue weighted by atomic mass is 10.1. The van der Waals surface area contributed by atoms with Crippen molar-refractivity contribution in [3.05, 3.63) is 35.4 Å². The first-order chi connectivity index (χ1) is 9.58. The lowest BCUT2D eigenvalue weighted by Crippen LogP contribution is -2.35. The highest BCUT2D eigenvalue weighted by atomic mass is 19.4. The van der Waals surface area contributed by atoms with Gasteiger partial charge in [-0.2, -0.15) is 13.2 Å². The van der Waals surface area contributed by atoms with Crippen molar-refractivity contribution in [1.29, 1.82) is 0 Å². The zero-order valence-electron chi connectivity index (χ0n) is 10.7. The second-order valence-corrected chi connectivity index (χ2v) is 5.01. The molecule has 0 aromatic heterocycles. The molecule has 1 aromatic rings. The summed E-state index contributed by atoms with van der Waals surface area (Å²) in [4.78, 5) is 12.0. The first-order valence-corrected chi connectivity index (χ1v) is 6.09. The van der Waals surface area contributed by atoms with Crippen LogP contribution in [0, 0.1) is 0 Å². The summed E-state index contributed by atoms with van der Waals surface area (Å²) < 4.78 is 63.8. The largest absolute Gasteiger partial charge is 0.480 e. The number of benzene rings is 1. The number of carboxylic acids is 1. The Morgan fingerprint density at radius 3 is 2.33 bits per heavy atom. The van der Waals surface area contributed by atoms with E-state index in [-0.39, 0.29) is 6.54 Å². The number of carbonyl (C=O) groups is 1. The Bertz CT molecular complexity index is 526. The third kappa shape index (κ3) is 3.69. The number of nitrogens with zero attached hydrogens (tertiary/aromatic N) is 1. The minimum absolute atomic E-state index is 0.134. The molecule has 1 aromatic carbocycles. The predicted molar refractivity (Wildman–Crippen MR) is 62.8 cm³/mol. The van der Waals surface area contributed by atoms with Crippen LogP contribution in [0.25, 0.3) is 0 Å². The summed E-state index contributed by atoms with van der Waals surface area (Å²) >= 11 is 0. The zero-order chi connectivity index (χ0) is 15.8. The van der Waals surface area contributed by atoms with E-state index >= 15 is 0 Å². The molecule has 1 heterocycles. The van der Waals surface area contributed by atoms with Gasteiger partial charge in [0.2, 0.25) is 0 Å². The molecule has 1 saturated heterocycles. The maximum atomic E-state index is 13.3. The molecule has 0 spiro atoms. The van der Waals surface area contributed by atoms with Crippen molar-refractivity contribution in [2.75, 3.05) is 6.54 Å². The predicted octanol–water partition coefficient (Wildman–Crippen LogP) is 3.00. The molecule has 8 heteroatoms. The molecule has 1 aliphatic rings. The molecular weight excluding hydrogens is 297 g/mol. The molecule has 1 unspecified atom stereocenters. The van der Waals surface area contributed by atoms with Crippen molar-refractivity contribution in [3.8, 4) is 0 Å². The number of carboxylic acid groups (broad SMARTS) is 1. The Balaban J connectivity index is 2.12. The molecule has 1 aliphatic heterocycles. The smallest absolute Gasteiger partial charge is 0.416 e. The van der Waals surface area contributed by atoms with Crippen LogP contribution < -0.4 is 0 Å². The highest BCUT2D eigenvalue weighted by Gasteiger charge is 2.48. The van der Waals surface area contributed by atoms with Gasteiger partial charge < -0.3 is 5.11 Å². The Hall–Kier alpha value is -1.70. The molecule has 2 rings (SSSR count). The molecule has 0 bridgehead atoms. The molecule has 3 nitrogen and oxygen atoms in total. The van der Waals surface area contributed by atoms with Gasteiger partial charge in [0.15, 0.2) is 0 Å². The quantitative estimate of drug-likeness (QED) is 0.873. The van der Waals surface area contributed by atoms with Crippen LogP contribution >= 0.6 is 0 Å². The summed E-state index contributed by atoms with van der Waals surface area (Å²) in [5, 5.41) is 8.92. The molecular formula is C13H12F5NO2. The van der Waals surface area contributed by atoms with Crippen LogP contribution in [0.1, 0.15) is 17.5 Å². The number of hydrogen-bond donors (Lipinski definition) is 1. The van der Waals surface area contributed by atoms with Gasteiger partial charge in [-0.1, -0.05) is 12.1 Å². The van der Waals surface area contributed by atoms with Crippen LogP contribution in [0.5, 0.6) is 0 Å². The lowest BCUT2D eigenvalue weighted by molar-refractivity contribution is -0.142. The summed E-state index contributed by atoms with van der Waals surface area (Å²) in [6.07, 6.45) is -5.26. The Morgan fingerprint density at radius 2 is 1.86 bits per heavy atom. The van der Waals surface area contributed by atoms with Crippen LogP contribution in [0.4, 0.5) is 22.0 Å². The average molecular weight is 309 g/mol. The molecule has 116 valence electrons. The topological polar surface area (TPSA) is 40.5 Å². The summed E-state index contributed by atoms with van der Waals surface area (Å²) in [6.45, 7) is -0.852. The number of hydrogen-bond acceptors (Lipinski definition) is 2. The third-order valence-electron chi connectivity index (χ3n) is 3.32. The second kappa shape index (κ2) is 5.25. The molecule has 1 N–H and O–H groups in total. The van der Waals surface area contributed by atoms with E-state index in [1.54, 1.807) is 0 Å². The van der Waals surface area contributed by atoms with Crippen LogP contribution in [0.15, 0.2) is 24.3 Å². The highest BCUT2D eigenvalue weighted by Crippen LogP contribution is 2.34. The molecule has 0 amide bonds. The van der Waals surface area contributed by atoms with Gasteiger partial charge in [0.25, 0.3) is 5.92 Å². The Labute approximate surface area is 117 Å². The van der Waals surface area contributed by atoms with Gasteiger partial charge in [-0.25, -0.2) is 8.78 Å². The summed E-state index contributed by atoms with van der Waals surface area (Å²) in [6, 6.07) is 2.69. The molecule has 1 fully saturated rings. The number of halogens is 5. The molecule has 0 saturated carbocycles. The van der Waals surface area contributed by atoms with Crippen molar-refractivity contribution in [3.63, 3.8) is 0 Å². The van der Waals surface area contributed by atoms with E-state index in [1.165, 1.54) is 0 Å². The van der Waals surface area contributed by atoms with Gasteiger partial charge in [-0.15, -0.1) is 0 Å². The van der Waals surface area contributed by atoms with Crippen molar-refractivity contribution >= 4 is 5.97 Å². The fourth-order valence-corrected chi connectivity index (χ4v) is 2.33. The SMILES string of the molecule is O=C(O)C1CC(F)(F)CN1Cc1ccc(C(F)(F)F)cc1. The fraction of sp³-hybridized carbons (Fsp3) is 0.462. The van der Waals surface area contributed by atoms with E-state index in [2.05, 4.69) is 0 Å². The highest BCUT2D eigenvalue weighted by molar-refractivity contribution is 5.74. The van der Waals surface area contributed by atoms with Gasteiger partial charge in [0.1, 0.15) is 6.04 Å². The molecule has 0 aliphatic carbocycles. The Morgan fingerprint density at radius 1 is 1.29 bits per heavy atom. The number of rotatable bonds is 3. The zero-order valence-corrected chi connectivity index (χ0v) is 10.7. The Kier molecular flexibility index (Phi) is 3.92. The summed E-state index contributed by atoms with van der Waals surface area (Å²) in [5.41, 5.74) is -0.486. The van der Waals surface area contributed by atoms with Crippen molar-refractivity contribution in [2.24, 2.45) is 0 Å². The van der Waals surface area contributed by atoms with Gasteiger partial charge in [0, 0.05) is 13.0 Å². The fourth-order valence-electron chi connectivity index (χ4n) is 2.33. The van der Waals surface area contributed by atoms with Gasteiger partial charge >= 0.3 is 12.1 Å². The average Bonchev–Trinajstić information content (AvgIpc) is 2.64. The van der Waals surface area contributed by atoms with Gasteiger partial charge in [-0.3, -0.25) is 9.69 Å². The molecule has 21 heavy (non-hydrogen) atoms.